The zero-order chi connectivity index (χ0) is 21.8. The van der Waals surface area contributed by atoms with E-state index >= 15 is 0 Å². The van der Waals surface area contributed by atoms with E-state index in [2.05, 4.69) is 10.4 Å². The van der Waals surface area contributed by atoms with Crippen LogP contribution in [0.25, 0.3) is 5.69 Å². The summed E-state index contributed by atoms with van der Waals surface area (Å²) in [6, 6.07) is 14.3. The van der Waals surface area contributed by atoms with E-state index in [1.165, 1.54) is 16.4 Å². The van der Waals surface area contributed by atoms with Gasteiger partial charge >= 0.3 is 0 Å². The molecule has 1 atom stereocenters. The lowest BCUT2D eigenvalue weighted by Gasteiger charge is -2.31. The highest BCUT2D eigenvalue weighted by molar-refractivity contribution is 7.89. The number of halogens is 1. The van der Waals surface area contributed by atoms with E-state index in [0.717, 1.165) is 23.4 Å². The van der Waals surface area contributed by atoms with Crippen LogP contribution in [0.1, 0.15) is 18.4 Å². The minimum Gasteiger partial charge on any atom is -0.352 e. The number of piperidine rings is 1. The van der Waals surface area contributed by atoms with Crippen LogP contribution >= 0.6 is 0 Å². The Bertz CT molecular complexity index is 1130. The van der Waals surface area contributed by atoms with Gasteiger partial charge in [0.25, 0.3) is 0 Å². The van der Waals surface area contributed by atoms with Crippen molar-refractivity contribution in [3.8, 4) is 5.69 Å². The van der Waals surface area contributed by atoms with Crippen LogP contribution in [-0.4, -0.2) is 41.5 Å². The number of rotatable bonds is 6. The van der Waals surface area contributed by atoms with Crippen LogP contribution in [0, 0.1) is 11.7 Å². The van der Waals surface area contributed by atoms with Crippen LogP contribution in [0.4, 0.5) is 4.39 Å². The molecule has 1 N–H and O–H groups in total. The first-order valence-electron chi connectivity index (χ1n) is 10.1. The Morgan fingerprint density at radius 1 is 1.13 bits per heavy atom. The van der Waals surface area contributed by atoms with Crippen molar-refractivity contribution in [2.45, 2.75) is 24.3 Å². The predicted octanol–water partition coefficient (Wildman–Crippen LogP) is 2.73. The second-order valence-electron chi connectivity index (χ2n) is 7.49. The summed E-state index contributed by atoms with van der Waals surface area (Å²) in [4.78, 5) is 12.7. The van der Waals surface area contributed by atoms with Gasteiger partial charge in [-0.3, -0.25) is 4.79 Å². The van der Waals surface area contributed by atoms with Crippen LogP contribution in [0.15, 0.2) is 71.9 Å². The fourth-order valence-electron chi connectivity index (χ4n) is 3.65. The van der Waals surface area contributed by atoms with Gasteiger partial charge in [-0.15, -0.1) is 0 Å². The zero-order valence-electron chi connectivity index (χ0n) is 16.8. The highest BCUT2D eigenvalue weighted by atomic mass is 32.2. The maximum Gasteiger partial charge on any atom is 0.243 e. The third kappa shape index (κ3) is 4.83. The summed E-state index contributed by atoms with van der Waals surface area (Å²) in [6.07, 6.45) is 4.78. The van der Waals surface area contributed by atoms with Crippen LogP contribution in [0.2, 0.25) is 0 Å². The van der Waals surface area contributed by atoms with Crippen molar-refractivity contribution in [1.82, 2.24) is 19.4 Å². The van der Waals surface area contributed by atoms with E-state index in [-0.39, 0.29) is 17.3 Å². The number of sulfonamides is 1. The Labute approximate surface area is 180 Å². The smallest absolute Gasteiger partial charge is 0.243 e. The molecule has 1 amide bonds. The SMILES string of the molecule is O=C(NCc1ccc(-n2cccn2)cc1)[C@H]1CCCN(S(=O)(=O)c2ccc(F)cc2)C1. The first-order valence-corrected chi connectivity index (χ1v) is 11.5. The molecular weight excluding hydrogens is 419 g/mol. The molecule has 2 aromatic carbocycles. The highest BCUT2D eigenvalue weighted by Crippen LogP contribution is 2.24. The number of carbonyl (C=O) groups excluding carboxylic acids is 1. The number of hydrogen-bond donors (Lipinski definition) is 1. The van der Waals surface area contributed by atoms with Crippen LogP contribution < -0.4 is 5.32 Å². The first-order chi connectivity index (χ1) is 14.9. The fraction of sp³-hybridized carbons (Fsp3) is 0.273. The molecule has 0 spiro atoms. The maximum absolute atomic E-state index is 13.1. The highest BCUT2D eigenvalue weighted by Gasteiger charge is 2.33. The number of nitrogens with zero attached hydrogens (tertiary/aromatic N) is 3. The average Bonchev–Trinajstić information content (AvgIpc) is 3.33. The number of hydrogen-bond acceptors (Lipinski definition) is 4. The molecule has 3 aromatic rings. The summed E-state index contributed by atoms with van der Waals surface area (Å²) < 4.78 is 41.9. The van der Waals surface area contributed by atoms with Gasteiger partial charge < -0.3 is 5.32 Å². The predicted molar refractivity (Wildman–Crippen MR) is 113 cm³/mol. The lowest BCUT2D eigenvalue weighted by molar-refractivity contribution is -0.126. The summed E-state index contributed by atoms with van der Waals surface area (Å²) >= 11 is 0. The molecule has 0 unspecified atom stereocenters. The molecule has 4 rings (SSSR count). The monoisotopic (exact) mass is 442 g/mol. The third-order valence-corrected chi connectivity index (χ3v) is 7.26. The molecule has 9 heteroatoms. The molecule has 0 bridgehead atoms. The number of benzene rings is 2. The Kier molecular flexibility index (Phi) is 6.15. The van der Waals surface area contributed by atoms with Gasteiger partial charge in [0, 0.05) is 32.0 Å². The van der Waals surface area contributed by atoms with Gasteiger partial charge in [-0.05, 0) is 60.9 Å². The van der Waals surface area contributed by atoms with E-state index in [9.17, 15) is 17.6 Å². The first kappa shape index (κ1) is 21.2. The molecule has 7 nitrogen and oxygen atoms in total. The topological polar surface area (TPSA) is 84.3 Å². The zero-order valence-corrected chi connectivity index (χ0v) is 17.6. The average molecular weight is 443 g/mol. The van der Waals surface area contributed by atoms with E-state index in [1.807, 2.05) is 36.5 Å². The van der Waals surface area contributed by atoms with Crippen LogP contribution in [-0.2, 0) is 21.4 Å². The van der Waals surface area contributed by atoms with Crippen LogP contribution in [0.5, 0.6) is 0 Å². The largest absolute Gasteiger partial charge is 0.352 e. The molecule has 1 aliphatic rings. The summed E-state index contributed by atoms with van der Waals surface area (Å²) in [5.74, 6) is -1.09. The Balaban J connectivity index is 1.36. The third-order valence-electron chi connectivity index (χ3n) is 5.38. The van der Waals surface area contributed by atoms with Gasteiger partial charge in [-0.2, -0.15) is 9.40 Å². The number of carbonyl (C=O) groups is 1. The summed E-state index contributed by atoms with van der Waals surface area (Å²) in [6.45, 7) is 0.821. The van der Waals surface area contributed by atoms with Crippen molar-refractivity contribution in [3.05, 3.63) is 78.4 Å². The Morgan fingerprint density at radius 3 is 2.55 bits per heavy atom. The summed E-state index contributed by atoms with van der Waals surface area (Å²) in [7, 11) is -3.76. The van der Waals surface area contributed by atoms with Gasteiger partial charge in [0.1, 0.15) is 5.82 Å². The molecule has 1 saturated heterocycles. The number of amides is 1. The standard InChI is InChI=1S/C22H23FN4O3S/c23-19-6-10-21(11-7-19)31(29,30)26-13-1-3-18(16-26)22(28)24-15-17-4-8-20(9-5-17)27-14-2-12-25-27/h2,4-12,14,18H,1,3,13,15-16H2,(H,24,28)/t18-/m0/s1. The minimum atomic E-state index is -3.76. The van der Waals surface area contributed by atoms with Gasteiger partial charge in [-0.25, -0.2) is 17.5 Å². The van der Waals surface area contributed by atoms with Crippen molar-refractivity contribution < 1.29 is 17.6 Å². The normalized spacial score (nSPS) is 17.4. The van der Waals surface area contributed by atoms with Crippen molar-refractivity contribution >= 4 is 15.9 Å². The number of aromatic nitrogens is 2. The molecule has 0 radical (unpaired) electrons. The molecule has 31 heavy (non-hydrogen) atoms. The second kappa shape index (κ2) is 8.99. The number of nitrogens with one attached hydrogen (secondary N) is 1. The van der Waals surface area contributed by atoms with Crippen molar-refractivity contribution in [2.75, 3.05) is 13.1 Å². The second-order valence-corrected chi connectivity index (χ2v) is 9.43. The minimum absolute atomic E-state index is 0.0345. The maximum atomic E-state index is 13.1. The molecule has 0 saturated carbocycles. The van der Waals surface area contributed by atoms with Gasteiger partial charge in [0.15, 0.2) is 0 Å². The fourth-order valence-corrected chi connectivity index (χ4v) is 5.18. The molecule has 0 aliphatic carbocycles. The molecule has 1 aromatic heterocycles. The summed E-state index contributed by atoms with van der Waals surface area (Å²) in [5.41, 5.74) is 1.87. The molecule has 2 heterocycles. The summed E-state index contributed by atoms with van der Waals surface area (Å²) in [5, 5.41) is 7.09. The Hall–Kier alpha value is -3.04. The molecule has 1 aliphatic heterocycles. The van der Waals surface area contributed by atoms with Gasteiger partial charge in [0.05, 0.1) is 16.5 Å². The quantitative estimate of drug-likeness (QED) is 0.636. The molecular formula is C22H23FN4O3S. The van der Waals surface area contributed by atoms with Crippen molar-refractivity contribution in [1.29, 1.82) is 0 Å². The molecule has 162 valence electrons. The lowest BCUT2D eigenvalue weighted by atomic mass is 9.99. The van der Waals surface area contributed by atoms with E-state index in [0.29, 0.717) is 25.9 Å². The van der Waals surface area contributed by atoms with E-state index in [4.69, 9.17) is 0 Å². The van der Waals surface area contributed by atoms with E-state index in [1.54, 1.807) is 10.9 Å². The van der Waals surface area contributed by atoms with E-state index < -0.39 is 21.8 Å². The lowest BCUT2D eigenvalue weighted by Crippen LogP contribution is -2.45. The van der Waals surface area contributed by atoms with Gasteiger partial charge in [-0.1, -0.05) is 12.1 Å². The van der Waals surface area contributed by atoms with Crippen molar-refractivity contribution in [2.24, 2.45) is 5.92 Å². The van der Waals surface area contributed by atoms with Gasteiger partial charge in [0.2, 0.25) is 15.9 Å². The molecule has 1 fully saturated rings. The van der Waals surface area contributed by atoms with Crippen molar-refractivity contribution in [3.63, 3.8) is 0 Å². The van der Waals surface area contributed by atoms with Crippen LogP contribution in [0.3, 0.4) is 0 Å². The Morgan fingerprint density at radius 2 is 1.87 bits per heavy atom.